The summed E-state index contributed by atoms with van der Waals surface area (Å²) in [5.74, 6) is -0.141. The monoisotopic (exact) mass is 275 g/mol. The molecule has 2 rings (SSSR count). The second-order valence-corrected chi connectivity index (χ2v) is 5.53. The van der Waals surface area contributed by atoms with E-state index in [9.17, 15) is 4.79 Å². The summed E-state index contributed by atoms with van der Waals surface area (Å²) in [7, 11) is 0. The number of pyridine rings is 1. The lowest BCUT2D eigenvalue weighted by Crippen LogP contribution is -2.23. The van der Waals surface area contributed by atoms with Crippen LogP contribution in [0.3, 0.4) is 0 Å². The van der Waals surface area contributed by atoms with Crippen molar-refractivity contribution in [3.05, 3.63) is 45.9 Å². The van der Waals surface area contributed by atoms with Gasteiger partial charge in [-0.3, -0.25) is 9.78 Å². The van der Waals surface area contributed by atoms with E-state index in [2.05, 4.69) is 34.7 Å². The van der Waals surface area contributed by atoms with Crippen molar-refractivity contribution in [3.8, 4) is 0 Å². The average Bonchev–Trinajstić information content (AvgIpc) is 2.83. The highest BCUT2D eigenvalue weighted by molar-refractivity contribution is 7.11. The van der Waals surface area contributed by atoms with Crippen LogP contribution in [0, 0.1) is 6.92 Å². The molecule has 2 aromatic rings. The maximum absolute atomic E-state index is 11.7. The topological polar surface area (TPSA) is 54.0 Å². The molecule has 4 nitrogen and oxygen atoms in total. The summed E-state index contributed by atoms with van der Waals surface area (Å²) < 4.78 is 0. The van der Waals surface area contributed by atoms with Crippen molar-refractivity contribution in [3.63, 3.8) is 0 Å². The molecule has 0 bridgehead atoms. The van der Waals surface area contributed by atoms with Gasteiger partial charge in [0.25, 0.3) is 5.91 Å². The maximum atomic E-state index is 11.7. The van der Waals surface area contributed by atoms with E-state index in [0.29, 0.717) is 12.2 Å². The van der Waals surface area contributed by atoms with Crippen LogP contribution < -0.4 is 10.6 Å². The van der Waals surface area contributed by atoms with E-state index >= 15 is 0 Å². The standard InChI is InChI=1S/C14H17N3OS/c1-3-15-14(18)13-8-11(6-7-16-13)17-9-12-5-4-10(2)19-12/h4-8H,3,9H2,1-2H3,(H,15,18)(H,16,17). The predicted molar refractivity (Wildman–Crippen MR) is 78.6 cm³/mol. The molecule has 0 radical (unpaired) electrons. The number of aromatic nitrogens is 1. The van der Waals surface area contributed by atoms with Gasteiger partial charge in [-0.05, 0) is 38.1 Å². The van der Waals surface area contributed by atoms with Crippen molar-refractivity contribution in [2.24, 2.45) is 0 Å². The van der Waals surface area contributed by atoms with Gasteiger partial charge in [0.05, 0.1) is 0 Å². The summed E-state index contributed by atoms with van der Waals surface area (Å²) in [6.07, 6.45) is 1.65. The molecular weight excluding hydrogens is 258 g/mol. The summed E-state index contributed by atoms with van der Waals surface area (Å²) in [5.41, 5.74) is 1.34. The molecule has 2 aromatic heterocycles. The molecule has 0 atom stereocenters. The molecule has 0 saturated carbocycles. The van der Waals surface area contributed by atoms with Crippen molar-refractivity contribution in [1.29, 1.82) is 0 Å². The van der Waals surface area contributed by atoms with E-state index in [1.165, 1.54) is 9.75 Å². The van der Waals surface area contributed by atoms with Crippen molar-refractivity contribution in [2.45, 2.75) is 20.4 Å². The molecule has 2 N–H and O–H groups in total. The molecule has 0 aliphatic heterocycles. The predicted octanol–water partition coefficient (Wildman–Crippen LogP) is 2.81. The Bertz CT molecular complexity index is 565. The van der Waals surface area contributed by atoms with Gasteiger partial charge in [0.1, 0.15) is 5.69 Å². The Morgan fingerprint density at radius 2 is 2.21 bits per heavy atom. The van der Waals surface area contributed by atoms with Crippen LogP contribution >= 0.6 is 11.3 Å². The van der Waals surface area contributed by atoms with Crippen LogP contribution in [0.5, 0.6) is 0 Å². The van der Waals surface area contributed by atoms with E-state index < -0.39 is 0 Å². The van der Waals surface area contributed by atoms with Gasteiger partial charge in [0, 0.05) is 34.7 Å². The number of thiophene rings is 1. The lowest BCUT2D eigenvalue weighted by atomic mass is 10.3. The van der Waals surface area contributed by atoms with Crippen molar-refractivity contribution < 1.29 is 4.79 Å². The fraction of sp³-hybridized carbons (Fsp3) is 0.286. The van der Waals surface area contributed by atoms with Crippen LogP contribution in [-0.4, -0.2) is 17.4 Å². The largest absolute Gasteiger partial charge is 0.380 e. The third kappa shape index (κ3) is 3.79. The summed E-state index contributed by atoms with van der Waals surface area (Å²) in [5, 5.41) is 6.04. The lowest BCUT2D eigenvalue weighted by Gasteiger charge is -2.06. The summed E-state index contributed by atoms with van der Waals surface area (Å²) >= 11 is 1.77. The molecule has 2 heterocycles. The number of nitrogens with one attached hydrogen (secondary N) is 2. The van der Waals surface area contributed by atoms with Crippen LogP contribution in [0.2, 0.25) is 0 Å². The SMILES string of the molecule is CCNC(=O)c1cc(NCc2ccc(C)s2)ccn1. The number of hydrogen-bond donors (Lipinski definition) is 2. The van der Waals surface area contributed by atoms with Crippen LogP contribution in [0.1, 0.15) is 27.2 Å². The molecular formula is C14H17N3OS. The number of carbonyl (C=O) groups is 1. The van der Waals surface area contributed by atoms with Gasteiger partial charge in [-0.2, -0.15) is 0 Å². The van der Waals surface area contributed by atoms with Gasteiger partial charge in [-0.1, -0.05) is 0 Å². The molecule has 5 heteroatoms. The van der Waals surface area contributed by atoms with E-state index in [1.807, 2.05) is 13.0 Å². The summed E-state index contributed by atoms with van der Waals surface area (Å²) in [6.45, 7) is 5.34. The molecule has 100 valence electrons. The highest BCUT2D eigenvalue weighted by Gasteiger charge is 2.06. The minimum absolute atomic E-state index is 0.141. The molecule has 19 heavy (non-hydrogen) atoms. The number of rotatable bonds is 5. The highest BCUT2D eigenvalue weighted by Crippen LogP contribution is 2.17. The fourth-order valence-electron chi connectivity index (χ4n) is 1.69. The van der Waals surface area contributed by atoms with Gasteiger partial charge in [-0.15, -0.1) is 11.3 Å². The van der Waals surface area contributed by atoms with E-state index in [1.54, 1.807) is 23.6 Å². The smallest absolute Gasteiger partial charge is 0.269 e. The second-order valence-electron chi connectivity index (χ2n) is 4.16. The van der Waals surface area contributed by atoms with Crippen molar-refractivity contribution in [1.82, 2.24) is 10.3 Å². The van der Waals surface area contributed by atoms with Crippen molar-refractivity contribution in [2.75, 3.05) is 11.9 Å². The Kier molecular flexibility index (Phi) is 4.52. The van der Waals surface area contributed by atoms with Gasteiger partial charge in [0.2, 0.25) is 0 Å². The summed E-state index contributed by atoms with van der Waals surface area (Å²) in [4.78, 5) is 18.3. The van der Waals surface area contributed by atoms with Crippen LogP contribution in [0.25, 0.3) is 0 Å². The molecule has 0 aliphatic rings. The third-order valence-electron chi connectivity index (χ3n) is 2.59. The van der Waals surface area contributed by atoms with Crippen molar-refractivity contribution >= 4 is 22.9 Å². The normalized spacial score (nSPS) is 10.2. The maximum Gasteiger partial charge on any atom is 0.269 e. The Hall–Kier alpha value is -1.88. The highest BCUT2D eigenvalue weighted by atomic mass is 32.1. The first-order valence-electron chi connectivity index (χ1n) is 6.22. The summed E-state index contributed by atoms with van der Waals surface area (Å²) in [6, 6.07) is 7.85. The number of carbonyl (C=O) groups excluding carboxylic acids is 1. The van der Waals surface area contributed by atoms with E-state index in [0.717, 1.165) is 12.2 Å². The first-order chi connectivity index (χ1) is 9.19. The number of aryl methyl sites for hydroxylation is 1. The lowest BCUT2D eigenvalue weighted by molar-refractivity contribution is 0.0951. The zero-order valence-corrected chi connectivity index (χ0v) is 11.9. The Labute approximate surface area is 116 Å². The van der Waals surface area contributed by atoms with Crippen LogP contribution in [0.4, 0.5) is 5.69 Å². The van der Waals surface area contributed by atoms with Gasteiger partial charge >= 0.3 is 0 Å². The number of anilines is 1. The zero-order chi connectivity index (χ0) is 13.7. The molecule has 0 aromatic carbocycles. The van der Waals surface area contributed by atoms with Gasteiger partial charge in [0.15, 0.2) is 0 Å². The number of hydrogen-bond acceptors (Lipinski definition) is 4. The zero-order valence-electron chi connectivity index (χ0n) is 11.1. The van der Waals surface area contributed by atoms with Crippen LogP contribution in [0.15, 0.2) is 30.5 Å². The molecule has 0 unspecified atom stereocenters. The third-order valence-corrected chi connectivity index (χ3v) is 3.59. The minimum atomic E-state index is -0.141. The van der Waals surface area contributed by atoms with E-state index in [4.69, 9.17) is 0 Å². The minimum Gasteiger partial charge on any atom is -0.380 e. The van der Waals surface area contributed by atoms with Crippen LogP contribution in [-0.2, 0) is 6.54 Å². The Morgan fingerprint density at radius 1 is 1.37 bits per heavy atom. The Morgan fingerprint density at radius 3 is 2.89 bits per heavy atom. The van der Waals surface area contributed by atoms with E-state index in [-0.39, 0.29) is 5.91 Å². The second kappa shape index (κ2) is 6.33. The molecule has 0 fully saturated rings. The number of nitrogens with zero attached hydrogens (tertiary/aromatic N) is 1. The van der Waals surface area contributed by atoms with Gasteiger partial charge < -0.3 is 10.6 Å². The molecule has 0 saturated heterocycles. The molecule has 0 aliphatic carbocycles. The molecule has 1 amide bonds. The fourth-order valence-corrected chi connectivity index (χ4v) is 2.52. The first-order valence-corrected chi connectivity index (χ1v) is 7.04. The average molecular weight is 275 g/mol. The number of amides is 1. The Balaban J connectivity index is 2.00. The quantitative estimate of drug-likeness (QED) is 0.882. The molecule has 0 spiro atoms. The van der Waals surface area contributed by atoms with Gasteiger partial charge in [-0.25, -0.2) is 0 Å². The first kappa shape index (κ1) is 13.5.